The minimum absolute atomic E-state index is 0.00597. The van der Waals surface area contributed by atoms with Crippen molar-refractivity contribution in [2.45, 2.75) is 0 Å². The molecular weight excluding hydrogens is 294 g/mol. The molecule has 0 spiro atoms. The van der Waals surface area contributed by atoms with Crippen LogP contribution < -0.4 is 11.3 Å². The third kappa shape index (κ3) is 1.71. The van der Waals surface area contributed by atoms with E-state index in [1.807, 2.05) is 6.07 Å². The summed E-state index contributed by atoms with van der Waals surface area (Å²) in [5.74, 6) is 3.66. The molecule has 0 atom stereocenters. The lowest BCUT2D eigenvalue weighted by atomic mass is 10.1. The third-order valence-corrected chi connectivity index (χ3v) is 3.03. The highest BCUT2D eigenvalue weighted by atomic mass is 79.9. The molecule has 17 heavy (non-hydrogen) atoms. The van der Waals surface area contributed by atoms with Crippen molar-refractivity contribution >= 4 is 32.5 Å². The fourth-order valence-corrected chi connectivity index (χ4v) is 2.00. The number of nitrogens with two attached hydrogens (primary N) is 1. The molecule has 0 saturated heterocycles. The molecule has 3 N–H and O–H groups in total. The van der Waals surface area contributed by atoms with Crippen LogP contribution in [0.3, 0.4) is 0 Å². The standard InChI is InChI=1S/C10H5BrF2N4/c11-8-5(12)1-6(13)10-7(8)9(17-15)4(2-14)3-16-10/h1,3H,15H2,(H,16,17). The molecule has 7 heteroatoms. The van der Waals surface area contributed by atoms with Gasteiger partial charge in [-0.05, 0) is 15.9 Å². The van der Waals surface area contributed by atoms with Gasteiger partial charge >= 0.3 is 0 Å². The highest BCUT2D eigenvalue weighted by Crippen LogP contribution is 2.34. The summed E-state index contributed by atoms with van der Waals surface area (Å²) in [4.78, 5) is 3.77. The fraction of sp³-hybridized carbons (Fsp3) is 0. The van der Waals surface area contributed by atoms with E-state index in [4.69, 9.17) is 11.1 Å². The van der Waals surface area contributed by atoms with Crippen LogP contribution in [0, 0.1) is 23.0 Å². The topological polar surface area (TPSA) is 74.7 Å². The number of hydrogen-bond acceptors (Lipinski definition) is 4. The smallest absolute Gasteiger partial charge is 0.152 e. The maximum Gasteiger partial charge on any atom is 0.152 e. The van der Waals surface area contributed by atoms with Crippen LogP contribution in [0.15, 0.2) is 16.7 Å². The first kappa shape index (κ1) is 11.7. The molecule has 1 heterocycles. The van der Waals surface area contributed by atoms with E-state index in [9.17, 15) is 8.78 Å². The van der Waals surface area contributed by atoms with Gasteiger partial charge in [-0.1, -0.05) is 0 Å². The second kappa shape index (κ2) is 4.24. The van der Waals surface area contributed by atoms with Gasteiger partial charge in [0.2, 0.25) is 0 Å². The van der Waals surface area contributed by atoms with E-state index in [0.717, 1.165) is 0 Å². The molecule has 0 aliphatic carbocycles. The Bertz CT molecular complexity index is 651. The molecule has 0 amide bonds. The highest BCUT2D eigenvalue weighted by molar-refractivity contribution is 9.10. The van der Waals surface area contributed by atoms with Gasteiger partial charge in [0.1, 0.15) is 17.4 Å². The number of nitrogens with zero attached hydrogens (tertiary/aromatic N) is 2. The molecular formula is C10H5BrF2N4. The van der Waals surface area contributed by atoms with Crippen molar-refractivity contribution in [2.75, 3.05) is 5.43 Å². The predicted octanol–water partition coefficient (Wildman–Crippen LogP) is 2.43. The van der Waals surface area contributed by atoms with Crippen LogP contribution in [-0.4, -0.2) is 4.98 Å². The van der Waals surface area contributed by atoms with Crippen LogP contribution in [0.2, 0.25) is 0 Å². The van der Waals surface area contributed by atoms with Crippen LogP contribution in [0.25, 0.3) is 10.9 Å². The number of nitriles is 1. The number of pyridine rings is 1. The molecule has 0 aliphatic rings. The lowest BCUT2D eigenvalue weighted by Crippen LogP contribution is -2.10. The lowest BCUT2D eigenvalue weighted by Gasteiger charge is -2.10. The Morgan fingerprint density at radius 2 is 2.12 bits per heavy atom. The van der Waals surface area contributed by atoms with Gasteiger partial charge in [0.15, 0.2) is 5.82 Å². The monoisotopic (exact) mass is 298 g/mol. The molecule has 0 saturated carbocycles. The number of nitrogen functional groups attached to an aromatic ring is 1. The van der Waals surface area contributed by atoms with Crippen molar-refractivity contribution in [1.82, 2.24) is 4.98 Å². The molecule has 4 nitrogen and oxygen atoms in total. The van der Waals surface area contributed by atoms with E-state index in [1.54, 1.807) is 0 Å². The average molecular weight is 299 g/mol. The van der Waals surface area contributed by atoms with Gasteiger partial charge in [-0.2, -0.15) is 5.26 Å². The predicted molar refractivity (Wildman–Crippen MR) is 61.9 cm³/mol. The summed E-state index contributed by atoms with van der Waals surface area (Å²) in [5, 5.41) is 8.95. The number of benzene rings is 1. The second-order valence-electron chi connectivity index (χ2n) is 3.18. The number of hydrogen-bond donors (Lipinski definition) is 2. The Kier molecular flexibility index (Phi) is 2.92. The summed E-state index contributed by atoms with van der Waals surface area (Å²) in [6, 6.07) is 2.55. The van der Waals surface area contributed by atoms with Crippen molar-refractivity contribution in [1.29, 1.82) is 5.26 Å². The van der Waals surface area contributed by atoms with Crippen LogP contribution in [-0.2, 0) is 0 Å². The molecule has 0 bridgehead atoms. The van der Waals surface area contributed by atoms with E-state index < -0.39 is 11.6 Å². The van der Waals surface area contributed by atoms with Gasteiger partial charge in [0, 0.05) is 17.6 Å². The van der Waals surface area contributed by atoms with Crippen LogP contribution >= 0.6 is 15.9 Å². The SMILES string of the molecule is N#Cc1cnc2c(F)cc(F)c(Br)c2c1NN. The van der Waals surface area contributed by atoms with E-state index in [2.05, 4.69) is 26.3 Å². The largest absolute Gasteiger partial charge is 0.322 e. The normalized spacial score (nSPS) is 10.3. The number of hydrazine groups is 1. The van der Waals surface area contributed by atoms with Gasteiger partial charge in [-0.25, -0.2) is 8.78 Å². The average Bonchev–Trinajstić information content (AvgIpc) is 2.34. The highest BCUT2D eigenvalue weighted by Gasteiger charge is 2.17. The first-order valence-electron chi connectivity index (χ1n) is 4.43. The first-order valence-corrected chi connectivity index (χ1v) is 5.22. The lowest BCUT2D eigenvalue weighted by molar-refractivity contribution is 0.586. The van der Waals surface area contributed by atoms with Crippen molar-refractivity contribution < 1.29 is 8.78 Å². The third-order valence-electron chi connectivity index (χ3n) is 2.25. The molecule has 0 radical (unpaired) electrons. The summed E-state index contributed by atoms with van der Waals surface area (Å²) < 4.78 is 26.9. The summed E-state index contributed by atoms with van der Waals surface area (Å²) in [6.45, 7) is 0. The fourth-order valence-electron chi connectivity index (χ4n) is 1.50. The van der Waals surface area contributed by atoms with Crippen molar-refractivity contribution in [3.8, 4) is 6.07 Å². The van der Waals surface area contributed by atoms with Crippen molar-refractivity contribution in [3.05, 3.63) is 33.9 Å². The quantitative estimate of drug-likeness (QED) is 0.482. The summed E-state index contributed by atoms with van der Waals surface area (Å²) in [7, 11) is 0. The Hall–Kier alpha value is -1.78. The number of anilines is 1. The van der Waals surface area contributed by atoms with E-state index in [1.165, 1.54) is 6.20 Å². The number of aromatic nitrogens is 1. The molecule has 1 aromatic heterocycles. The van der Waals surface area contributed by atoms with Gasteiger partial charge in [0.05, 0.1) is 15.7 Å². The van der Waals surface area contributed by atoms with Crippen LogP contribution in [0.5, 0.6) is 0 Å². The Balaban J connectivity index is 3.03. The van der Waals surface area contributed by atoms with Crippen molar-refractivity contribution in [2.24, 2.45) is 5.84 Å². The minimum Gasteiger partial charge on any atom is -0.322 e. The van der Waals surface area contributed by atoms with Gasteiger partial charge in [0.25, 0.3) is 0 Å². The molecule has 2 aromatic rings. The number of halogens is 3. The van der Waals surface area contributed by atoms with E-state index >= 15 is 0 Å². The summed E-state index contributed by atoms with van der Waals surface area (Å²) in [5.41, 5.74) is 2.42. The van der Waals surface area contributed by atoms with Gasteiger partial charge < -0.3 is 5.43 Å². The molecule has 86 valence electrons. The first-order chi connectivity index (χ1) is 8.10. The number of rotatable bonds is 1. The molecule has 2 rings (SSSR count). The molecule has 0 unspecified atom stereocenters. The number of fused-ring (bicyclic) bond motifs is 1. The zero-order valence-corrected chi connectivity index (χ0v) is 9.85. The maximum atomic E-state index is 13.5. The zero-order chi connectivity index (χ0) is 12.6. The van der Waals surface area contributed by atoms with Crippen LogP contribution in [0.4, 0.5) is 14.5 Å². The Labute approximate surface area is 103 Å². The van der Waals surface area contributed by atoms with Gasteiger partial charge in [-0.15, -0.1) is 0 Å². The minimum atomic E-state index is -0.818. The number of nitrogens with one attached hydrogen (secondary N) is 1. The van der Waals surface area contributed by atoms with Gasteiger partial charge in [-0.3, -0.25) is 10.8 Å². The Morgan fingerprint density at radius 1 is 1.41 bits per heavy atom. The van der Waals surface area contributed by atoms with E-state index in [0.29, 0.717) is 6.07 Å². The Morgan fingerprint density at radius 3 is 2.71 bits per heavy atom. The van der Waals surface area contributed by atoms with Crippen LogP contribution in [0.1, 0.15) is 5.56 Å². The molecule has 0 aliphatic heterocycles. The molecule has 0 fully saturated rings. The summed E-state index contributed by atoms with van der Waals surface area (Å²) in [6.07, 6.45) is 1.17. The van der Waals surface area contributed by atoms with Crippen molar-refractivity contribution in [3.63, 3.8) is 0 Å². The summed E-state index contributed by atoms with van der Waals surface area (Å²) >= 11 is 2.98. The second-order valence-corrected chi connectivity index (χ2v) is 3.97. The van der Waals surface area contributed by atoms with E-state index in [-0.39, 0.29) is 26.6 Å². The molecule has 1 aromatic carbocycles. The zero-order valence-electron chi connectivity index (χ0n) is 8.26. The maximum absolute atomic E-state index is 13.5.